The van der Waals surface area contributed by atoms with Gasteiger partial charge in [-0.1, -0.05) is 41.4 Å². The van der Waals surface area contributed by atoms with Gasteiger partial charge in [-0.05, 0) is 29.8 Å². The molecule has 0 aromatic heterocycles. The van der Waals surface area contributed by atoms with Crippen molar-refractivity contribution in [3.8, 4) is 0 Å². The highest BCUT2D eigenvalue weighted by molar-refractivity contribution is 7.92. The second-order valence-corrected chi connectivity index (χ2v) is 6.47. The van der Waals surface area contributed by atoms with E-state index >= 15 is 0 Å². The summed E-state index contributed by atoms with van der Waals surface area (Å²) >= 11 is 11.8. The molecule has 0 aliphatic carbocycles. The minimum absolute atomic E-state index is 0.0711. The lowest BCUT2D eigenvalue weighted by atomic mass is 10.2. The molecule has 0 saturated heterocycles. The Hall–Kier alpha value is -1.27. The van der Waals surface area contributed by atoms with Gasteiger partial charge in [0.1, 0.15) is 4.90 Å². The van der Waals surface area contributed by atoms with Gasteiger partial charge in [0.15, 0.2) is 0 Å². The highest BCUT2D eigenvalue weighted by Gasteiger charge is 2.19. The van der Waals surface area contributed by atoms with E-state index < -0.39 is 10.0 Å². The highest BCUT2D eigenvalue weighted by Crippen LogP contribution is 2.28. The number of halogens is 2. The van der Waals surface area contributed by atoms with Crippen LogP contribution < -0.4 is 4.72 Å². The molecule has 0 heterocycles. The third kappa shape index (κ3) is 3.24. The Morgan fingerprint density at radius 1 is 1.05 bits per heavy atom. The second kappa shape index (κ2) is 6.01. The van der Waals surface area contributed by atoms with Crippen LogP contribution in [0, 0.1) is 0 Å². The van der Waals surface area contributed by atoms with Crippen LogP contribution in [0.5, 0.6) is 0 Å². The van der Waals surface area contributed by atoms with Crippen LogP contribution in [-0.2, 0) is 16.6 Å². The largest absolute Gasteiger partial charge is 0.392 e. The van der Waals surface area contributed by atoms with Gasteiger partial charge in [-0.25, -0.2) is 8.42 Å². The Kier molecular flexibility index (Phi) is 4.55. The van der Waals surface area contributed by atoms with Crippen molar-refractivity contribution in [1.82, 2.24) is 0 Å². The molecule has 2 aromatic rings. The Morgan fingerprint density at radius 2 is 1.75 bits per heavy atom. The quantitative estimate of drug-likeness (QED) is 0.903. The number of rotatable bonds is 4. The number of aliphatic hydroxyl groups is 1. The zero-order valence-electron chi connectivity index (χ0n) is 10.2. The normalized spacial score (nSPS) is 11.3. The molecule has 0 atom stereocenters. The second-order valence-electron chi connectivity index (χ2n) is 4.01. The Morgan fingerprint density at radius 3 is 2.40 bits per heavy atom. The van der Waals surface area contributed by atoms with Gasteiger partial charge in [-0.3, -0.25) is 4.72 Å². The van der Waals surface area contributed by atoms with E-state index in [1.54, 1.807) is 30.3 Å². The Labute approximate surface area is 127 Å². The molecule has 0 saturated carbocycles. The van der Waals surface area contributed by atoms with Crippen LogP contribution in [0.25, 0.3) is 0 Å². The molecule has 0 unspecified atom stereocenters. The molecule has 7 heteroatoms. The first-order chi connectivity index (χ1) is 9.44. The maximum atomic E-state index is 12.3. The Balaban J connectivity index is 2.43. The van der Waals surface area contributed by atoms with Crippen LogP contribution in [0.3, 0.4) is 0 Å². The molecule has 2 rings (SSSR count). The van der Waals surface area contributed by atoms with E-state index in [1.165, 1.54) is 12.1 Å². The molecule has 20 heavy (non-hydrogen) atoms. The SMILES string of the molecule is O=S(=O)(Nc1ccccc1Cl)c1cc(CO)ccc1Cl. The van der Waals surface area contributed by atoms with E-state index in [4.69, 9.17) is 28.3 Å². The average Bonchev–Trinajstić information content (AvgIpc) is 2.41. The molecular weight excluding hydrogens is 321 g/mol. The van der Waals surface area contributed by atoms with Crippen LogP contribution in [-0.4, -0.2) is 13.5 Å². The van der Waals surface area contributed by atoms with Crippen molar-refractivity contribution in [3.63, 3.8) is 0 Å². The first-order valence-electron chi connectivity index (χ1n) is 5.60. The summed E-state index contributed by atoms with van der Waals surface area (Å²) < 4.78 is 27.0. The van der Waals surface area contributed by atoms with E-state index in [0.29, 0.717) is 5.56 Å². The fraction of sp³-hybridized carbons (Fsp3) is 0.0769. The van der Waals surface area contributed by atoms with Crippen molar-refractivity contribution < 1.29 is 13.5 Å². The maximum absolute atomic E-state index is 12.3. The monoisotopic (exact) mass is 331 g/mol. The Bertz CT molecular complexity index is 732. The summed E-state index contributed by atoms with van der Waals surface area (Å²) in [7, 11) is -3.88. The van der Waals surface area contributed by atoms with Gasteiger partial charge < -0.3 is 5.11 Å². The molecule has 2 N–H and O–H groups in total. The molecule has 0 amide bonds. The van der Waals surface area contributed by atoms with Gasteiger partial charge in [0.05, 0.1) is 22.3 Å². The number of nitrogens with one attached hydrogen (secondary N) is 1. The fourth-order valence-electron chi connectivity index (χ4n) is 1.60. The smallest absolute Gasteiger partial charge is 0.263 e. The summed E-state index contributed by atoms with van der Waals surface area (Å²) in [5.41, 5.74) is 0.716. The predicted molar refractivity (Wildman–Crippen MR) is 79.6 cm³/mol. The average molecular weight is 332 g/mol. The minimum Gasteiger partial charge on any atom is -0.392 e. The first kappa shape index (κ1) is 15.1. The summed E-state index contributed by atoms with van der Waals surface area (Å²) in [6, 6.07) is 10.8. The summed E-state index contributed by atoms with van der Waals surface area (Å²) in [4.78, 5) is -0.106. The third-order valence-electron chi connectivity index (χ3n) is 2.59. The van der Waals surface area contributed by atoms with Crippen LogP contribution in [0.1, 0.15) is 5.56 Å². The van der Waals surface area contributed by atoms with Crippen LogP contribution >= 0.6 is 23.2 Å². The summed E-state index contributed by atoms with van der Waals surface area (Å²) in [5, 5.41) is 9.43. The molecule has 2 aromatic carbocycles. The molecule has 0 fully saturated rings. The zero-order chi connectivity index (χ0) is 14.8. The number of sulfonamides is 1. The van der Waals surface area contributed by atoms with Crippen molar-refractivity contribution in [2.45, 2.75) is 11.5 Å². The number of aliphatic hydroxyl groups excluding tert-OH is 1. The van der Waals surface area contributed by atoms with E-state index in [0.717, 1.165) is 0 Å². The summed E-state index contributed by atoms with van der Waals surface area (Å²) in [6.45, 7) is -0.272. The lowest BCUT2D eigenvalue weighted by Crippen LogP contribution is -2.14. The molecule has 0 spiro atoms. The highest BCUT2D eigenvalue weighted by atomic mass is 35.5. The van der Waals surface area contributed by atoms with Gasteiger partial charge in [0, 0.05) is 0 Å². The number of para-hydroxylation sites is 1. The van der Waals surface area contributed by atoms with Crippen LogP contribution in [0.4, 0.5) is 5.69 Å². The minimum atomic E-state index is -3.88. The van der Waals surface area contributed by atoms with Crippen LogP contribution in [0.15, 0.2) is 47.4 Å². The van der Waals surface area contributed by atoms with E-state index in [9.17, 15) is 8.42 Å². The van der Waals surface area contributed by atoms with E-state index in [2.05, 4.69) is 4.72 Å². The van der Waals surface area contributed by atoms with Gasteiger partial charge in [-0.15, -0.1) is 0 Å². The van der Waals surface area contributed by atoms with E-state index in [-0.39, 0.29) is 27.2 Å². The van der Waals surface area contributed by atoms with Crippen molar-refractivity contribution in [3.05, 3.63) is 58.1 Å². The van der Waals surface area contributed by atoms with Crippen molar-refractivity contribution in [1.29, 1.82) is 0 Å². The topological polar surface area (TPSA) is 66.4 Å². The van der Waals surface area contributed by atoms with Crippen molar-refractivity contribution >= 4 is 38.9 Å². The molecule has 0 radical (unpaired) electrons. The molecule has 4 nitrogen and oxygen atoms in total. The van der Waals surface area contributed by atoms with Gasteiger partial charge in [0.25, 0.3) is 10.0 Å². The third-order valence-corrected chi connectivity index (χ3v) is 4.76. The lowest BCUT2D eigenvalue weighted by molar-refractivity contribution is 0.281. The zero-order valence-corrected chi connectivity index (χ0v) is 12.5. The number of hydrogen-bond donors (Lipinski definition) is 2. The molecule has 106 valence electrons. The standard InChI is InChI=1S/C13H11Cl2NO3S/c14-10-3-1-2-4-12(10)16-20(18,19)13-7-9(8-17)5-6-11(13)15/h1-7,16-17H,8H2. The van der Waals surface area contributed by atoms with Gasteiger partial charge in [-0.2, -0.15) is 0 Å². The van der Waals surface area contributed by atoms with Gasteiger partial charge in [0.2, 0.25) is 0 Å². The number of hydrogen-bond acceptors (Lipinski definition) is 3. The number of benzene rings is 2. The summed E-state index contributed by atoms with van der Waals surface area (Å²) in [6.07, 6.45) is 0. The van der Waals surface area contributed by atoms with E-state index in [1.807, 2.05) is 0 Å². The summed E-state index contributed by atoms with van der Waals surface area (Å²) in [5.74, 6) is 0. The number of anilines is 1. The van der Waals surface area contributed by atoms with Crippen molar-refractivity contribution in [2.75, 3.05) is 4.72 Å². The van der Waals surface area contributed by atoms with Gasteiger partial charge >= 0.3 is 0 Å². The van der Waals surface area contributed by atoms with Crippen LogP contribution in [0.2, 0.25) is 10.0 Å². The van der Waals surface area contributed by atoms with Crippen molar-refractivity contribution in [2.24, 2.45) is 0 Å². The maximum Gasteiger partial charge on any atom is 0.263 e. The molecule has 0 bridgehead atoms. The molecule has 0 aliphatic heterocycles. The first-order valence-corrected chi connectivity index (χ1v) is 7.84. The molecule has 0 aliphatic rings. The molecular formula is C13H11Cl2NO3S. The predicted octanol–water partition coefficient (Wildman–Crippen LogP) is 3.29. The lowest BCUT2D eigenvalue weighted by Gasteiger charge is -2.11. The fourth-order valence-corrected chi connectivity index (χ4v) is 3.47.